The van der Waals surface area contributed by atoms with Gasteiger partial charge in [-0.15, -0.1) is 0 Å². The lowest BCUT2D eigenvalue weighted by Gasteiger charge is -2.23. The molecule has 0 aliphatic rings. The summed E-state index contributed by atoms with van der Waals surface area (Å²) < 4.78 is 0. The predicted molar refractivity (Wildman–Crippen MR) is 59.5 cm³/mol. The molecule has 3 amide bonds. The van der Waals surface area contributed by atoms with Gasteiger partial charge in [0, 0.05) is 13.1 Å². The Morgan fingerprint density at radius 2 is 1.67 bits per heavy atom. The topological polar surface area (TPSA) is 153 Å². The van der Waals surface area contributed by atoms with Gasteiger partial charge in [-0.3, -0.25) is 4.79 Å². The van der Waals surface area contributed by atoms with E-state index in [1.165, 1.54) is 0 Å². The van der Waals surface area contributed by atoms with Gasteiger partial charge in [-0.25, -0.2) is 9.59 Å². The minimum atomic E-state index is -1.44. The van der Waals surface area contributed by atoms with Crippen molar-refractivity contribution in [2.24, 2.45) is 5.73 Å². The van der Waals surface area contributed by atoms with E-state index in [0.29, 0.717) is 0 Å². The van der Waals surface area contributed by atoms with Crippen LogP contribution in [0.1, 0.15) is 6.42 Å². The summed E-state index contributed by atoms with van der Waals surface area (Å²) in [6.07, 6.45) is -0.535. The van der Waals surface area contributed by atoms with Gasteiger partial charge in [0.15, 0.2) is 0 Å². The number of carbonyl (C=O) groups is 3. The smallest absolute Gasteiger partial charge is 0.326 e. The number of primary amides is 1. The number of aliphatic carboxylic acids is 1. The molecule has 0 aromatic rings. The van der Waals surface area contributed by atoms with E-state index in [0.717, 1.165) is 4.90 Å². The molecule has 0 bridgehead atoms. The Morgan fingerprint density at radius 3 is 2.00 bits per heavy atom. The first-order valence-electron chi connectivity index (χ1n) is 5.20. The molecule has 0 spiro atoms. The van der Waals surface area contributed by atoms with Gasteiger partial charge in [0.2, 0.25) is 5.91 Å². The van der Waals surface area contributed by atoms with Crippen molar-refractivity contribution in [3.63, 3.8) is 0 Å². The number of carbonyl (C=O) groups excluding carboxylic acids is 2. The largest absolute Gasteiger partial charge is 0.480 e. The zero-order valence-corrected chi connectivity index (χ0v) is 9.70. The van der Waals surface area contributed by atoms with E-state index in [-0.39, 0.29) is 26.3 Å². The van der Waals surface area contributed by atoms with Crippen molar-refractivity contribution in [1.29, 1.82) is 0 Å². The second kappa shape index (κ2) is 8.25. The number of carboxylic acid groups (broad SMARTS) is 1. The van der Waals surface area contributed by atoms with Gasteiger partial charge >= 0.3 is 12.0 Å². The van der Waals surface area contributed by atoms with Gasteiger partial charge in [0.05, 0.1) is 19.6 Å². The summed E-state index contributed by atoms with van der Waals surface area (Å²) in [6.45, 7) is -0.785. The molecule has 0 fully saturated rings. The standard InChI is InChI=1S/C9H17N3O6/c10-7(15)5-6(8(16)17)11-9(18)12(1-3-13)2-4-14/h6,13-14H,1-5H2,(H2,10,15)(H,11,18)(H,16,17). The van der Waals surface area contributed by atoms with E-state index < -0.39 is 30.4 Å². The number of hydrogen-bond donors (Lipinski definition) is 5. The van der Waals surface area contributed by atoms with E-state index in [4.69, 9.17) is 21.1 Å². The Hall–Kier alpha value is -1.87. The molecule has 0 aliphatic carbocycles. The molecule has 0 saturated heterocycles. The number of aliphatic hydroxyl groups is 2. The van der Waals surface area contributed by atoms with Gasteiger partial charge < -0.3 is 31.3 Å². The summed E-state index contributed by atoms with van der Waals surface area (Å²) in [7, 11) is 0. The number of nitrogens with two attached hydrogens (primary N) is 1. The number of amides is 3. The molecule has 0 aliphatic heterocycles. The monoisotopic (exact) mass is 263 g/mol. The second-order valence-electron chi connectivity index (χ2n) is 3.45. The zero-order chi connectivity index (χ0) is 14.1. The van der Waals surface area contributed by atoms with Crippen molar-refractivity contribution in [3.05, 3.63) is 0 Å². The maximum Gasteiger partial charge on any atom is 0.326 e. The van der Waals surface area contributed by atoms with Crippen molar-refractivity contribution >= 4 is 17.9 Å². The van der Waals surface area contributed by atoms with Crippen LogP contribution in [0.15, 0.2) is 0 Å². The highest BCUT2D eigenvalue weighted by Gasteiger charge is 2.24. The van der Waals surface area contributed by atoms with Gasteiger partial charge in [0.1, 0.15) is 6.04 Å². The van der Waals surface area contributed by atoms with Crippen molar-refractivity contribution in [3.8, 4) is 0 Å². The van der Waals surface area contributed by atoms with Crippen molar-refractivity contribution in [2.45, 2.75) is 12.5 Å². The van der Waals surface area contributed by atoms with Crippen LogP contribution >= 0.6 is 0 Å². The van der Waals surface area contributed by atoms with Gasteiger partial charge in [-0.05, 0) is 0 Å². The van der Waals surface area contributed by atoms with Crippen LogP contribution in [0.4, 0.5) is 4.79 Å². The zero-order valence-electron chi connectivity index (χ0n) is 9.70. The molecule has 9 heteroatoms. The fourth-order valence-corrected chi connectivity index (χ4v) is 1.20. The van der Waals surface area contributed by atoms with E-state index in [1.54, 1.807) is 0 Å². The Labute approximate surface area is 103 Å². The molecule has 0 rings (SSSR count). The number of urea groups is 1. The number of nitrogens with zero attached hydrogens (tertiary/aromatic N) is 1. The van der Waals surface area contributed by atoms with Crippen LogP contribution in [0.3, 0.4) is 0 Å². The van der Waals surface area contributed by atoms with Crippen LogP contribution in [-0.4, -0.2) is 70.5 Å². The van der Waals surface area contributed by atoms with E-state index >= 15 is 0 Å². The highest BCUT2D eigenvalue weighted by molar-refractivity contribution is 5.87. The third-order valence-electron chi connectivity index (χ3n) is 2.03. The van der Waals surface area contributed by atoms with E-state index in [2.05, 4.69) is 5.32 Å². The summed E-state index contributed by atoms with van der Waals surface area (Å²) in [5.74, 6) is -2.26. The van der Waals surface area contributed by atoms with Crippen LogP contribution in [0, 0.1) is 0 Å². The van der Waals surface area contributed by atoms with Crippen LogP contribution < -0.4 is 11.1 Å². The average molecular weight is 263 g/mol. The molecule has 104 valence electrons. The molecule has 1 unspecified atom stereocenters. The Balaban J connectivity index is 4.54. The first kappa shape index (κ1) is 16.1. The van der Waals surface area contributed by atoms with Gasteiger partial charge in [0.25, 0.3) is 0 Å². The molecule has 0 radical (unpaired) electrons. The molecule has 0 heterocycles. The molecule has 18 heavy (non-hydrogen) atoms. The Bertz CT molecular complexity index is 303. The Kier molecular flexibility index (Phi) is 7.40. The summed E-state index contributed by atoms with van der Waals surface area (Å²) >= 11 is 0. The molecule has 9 nitrogen and oxygen atoms in total. The second-order valence-corrected chi connectivity index (χ2v) is 3.45. The lowest BCUT2D eigenvalue weighted by molar-refractivity contribution is -0.140. The maximum atomic E-state index is 11.6. The maximum absolute atomic E-state index is 11.6. The summed E-state index contributed by atoms with van der Waals surface area (Å²) in [5, 5.41) is 28.3. The molecule has 0 saturated carbocycles. The highest BCUT2D eigenvalue weighted by atomic mass is 16.4. The number of aliphatic hydroxyl groups excluding tert-OH is 2. The molecular weight excluding hydrogens is 246 g/mol. The predicted octanol–water partition coefficient (Wildman–Crippen LogP) is -2.69. The fraction of sp³-hybridized carbons (Fsp3) is 0.667. The molecule has 1 atom stereocenters. The van der Waals surface area contributed by atoms with Crippen LogP contribution in [0.2, 0.25) is 0 Å². The van der Waals surface area contributed by atoms with Crippen LogP contribution in [0.5, 0.6) is 0 Å². The normalized spacial score (nSPS) is 11.7. The van der Waals surface area contributed by atoms with Gasteiger partial charge in [-0.1, -0.05) is 0 Å². The number of rotatable bonds is 8. The SMILES string of the molecule is NC(=O)CC(NC(=O)N(CCO)CCO)C(=O)O. The first-order valence-corrected chi connectivity index (χ1v) is 5.20. The van der Waals surface area contributed by atoms with E-state index in [9.17, 15) is 14.4 Å². The Morgan fingerprint density at radius 1 is 1.17 bits per heavy atom. The summed E-state index contributed by atoms with van der Waals surface area (Å²) in [5.41, 5.74) is 4.85. The third-order valence-corrected chi connectivity index (χ3v) is 2.03. The summed E-state index contributed by atoms with van der Waals surface area (Å²) in [4.78, 5) is 34.0. The van der Waals surface area contributed by atoms with Crippen molar-refractivity contribution in [2.75, 3.05) is 26.3 Å². The van der Waals surface area contributed by atoms with Crippen LogP contribution in [-0.2, 0) is 9.59 Å². The molecule has 0 aromatic heterocycles. The number of nitrogens with one attached hydrogen (secondary N) is 1. The van der Waals surface area contributed by atoms with E-state index in [1.807, 2.05) is 0 Å². The minimum Gasteiger partial charge on any atom is -0.480 e. The fourth-order valence-electron chi connectivity index (χ4n) is 1.20. The first-order chi connectivity index (χ1) is 8.42. The summed E-state index contributed by atoms with van der Waals surface area (Å²) in [6, 6.07) is -2.23. The quantitative estimate of drug-likeness (QED) is 0.321. The van der Waals surface area contributed by atoms with Crippen molar-refractivity contribution in [1.82, 2.24) is 10.2 Å². The van der Waals surface area contributed by atoms with Crippen LogP contribution in [0.25, 0.3) is 0 Å². The third kappa shape index (κ3) is 6.01. The number of hydrogen-bond acceptors (Lipinski definition) is 5. The number of carboxylic acids is 1. The molecule has 0 aromatic carbocycles. The van der Waals surface area contributed by atoms with Gasteiger partial charge in [-0.2, -0.15) is 0 Å². The lowest BCUT2D eigenvalue weighted by Crippen LogP contribution is -2.50. The highest BCUT2D eigenvalue weighted by Crippen LogP contribution is 1.96. The molecule has 6 N–H and O–H groups in total. The lowest BCUT2D eigenvalue weighted by atomic mass is 10.2. The minimum absolute atomic E-state index is 0.0602. The molecular formula is C9H17N3O6. The average Bonchev–Trinajstić information content (AvgIpc) is 2.27. The van der Waals surface area contributed by atoms with Crippen molar-refractivity contribution < 1.29 is 29.7 Å².